The van der Waals surface area contributed by atoms with Crippen molar-refractivity contribution in [2.24, 2.45) is 11.8 Å². The number of aliphatic hydroxyl groups is 1. The third kappa shape index (κ3) is 4.19. The standard InChI is InChI=1S/C17H34N2O/c1-13-6-4-5-7-17(13)19-10-8-16(9-11-19)18-15(3)14(2)12-20/h13-18,20H,4-12H2,1-3H3. The van der Waals surface area contributed by atoms with Crippen molar-refractivity contribution in [3.05, 3.63) is 0 Å². The van der Waals surface area contributed by atoms with Crippen molar-refractivity contribution in [3.63, 3.8) is 0 Å². The first-order valence-corrected chi connectivity index (χ1v) is 8.72. The summed E-state index contributed by atoms with van der Waals surface area (Å²) in [4.78, 5) is 2.75. The molecule has 1 saturated heterocycles. The molecule has 4 atom stereocenters. The van der Waals surface area contributed by atoms with Gasteiger partial charge in [0.2, 0.25) is 0 Å². The lowest BCUT2D eigenvalue weighted by atomic mass is 9.84. The van der Waals surface area contributed by atoms with Gasteiger partial charge in [-0.15, -0.1) is 0 Å². The molecule has 2 aliphatic rings. The van der Waals surface area contributed by atoms with E-state index in [-0.39, 0.29) is 6.61 Å². The van der Waals surface area contributed by atoms with Crippen molar-refractivity contribution >= 4 is 0 Å². The van der Waals surface area contributed by atoms with Gasteiger partial charge < -0.3 is 15.3 Å². The van der Waals surface area contributed by atoms with Crippen molar-refractivity contribution in [1.82, 2.24) is 10.2 Å². The van der Waals surface area contributed by atoms with Crippen LogP contribution in [0.4, 0.5) is 0 Å². The van der Waals surface area contributed by atoms with E-state index in [4.69, 9.17) is 0 Å². The molecule has 1 aliphatic carbocycles. The van der Waals surface area contributed by atoms with Crippen molar-refractivity contribution in [3.8, 4) is 0 Å². The molecule has 0 amide bonds. The zero-order valence-corrected chi connectivity index (χ0v) is 13.6. The number of likely N-dealkylation sites (tertiary alicyclic amines) is 1. The normalized spacial score (nSPS) is 33.0. The van der Waals surface area contributed by atoms with E-state index in [1.165, 1.54) is 51.6 Å². The van der Waals surface area contributed by atoms with Gasteiger partial charge in [0.25, 0.3) is 0 Å². The number of aliphatic hydroxyl groups excluding tert-OH is 1. The van der Waals surface area contributed by atoms with E-state index in [0.717, 1.165) is 12.0 Å². The van der Waals surface area contributed by atoms with E-state index in [9.17, 15) is 5.11 Å². The van der Waals surface area contributed by atoms with Crippen LogP contribution >= 0.6 is 0 Å². The van der Waals surface area contributed by atoms with Gasteiger partial charge in [-0.1, -0.05) is 26.7 Å². The highest BCUT2D eigenvalue weighted by molar-refractivity contribution is 4.87. The summed E-state index contributed by atoms with van der Waals surface area (Å²) in [5, 5.41) is 12.9. The summed E-state index contributed by atoms with van der Waals surface area (Å²) in [6.07, 6.45) is 8.24. The summed E-state index contributed by atoms with van der Waals surface area (Å²) >= 11 is 0. The predicted octanol–water partition coefficient (Wildman–Crippen LogP) is 2.64. The minimum Gasteiger partial charge on any atom is -0.396 e. The van der Waals surface area contributed by atoms with Crippen LogP contribution in [0.3, 0.4) is 0 Å². The molecule has 2 N–H and O–H groups in total. The van der Waals surface area contributed by atoms with Crippen molar-refractivity contribution < 1.29 is 5.11 Å². The van der Waals surface area contributed by atoms with E-state index in [1.807, 2.05) is 0 Å². The molecule has 118 valence electrons. The molecule has 0 aromatic heterocycles. The Bertz CT molecular complexity index is 276. The van der Waals surface area contributed by atoms with Gasteiger partial charge in [-0.05, 0) is 57.5 Å². The third-order valence-electron chi connectivity index (χ3n) is 5.70. The van der Waals surface area contributed by atoms with E-state index < -0.39 is 0 Å². The molecule has 1 heterocycles. The number of nitrogens with zero attached hydrogens (tertiary/aromatic N) is 1. The molecule has 1 saturated carbocycles. The summed E-state index contributed by atoms with van der Waals surface area (Å²) in [5.74, 6) is 1.24. The van der Waals surface area contributed by atoms with Gasteiger partial charge in [-0.25, -0.2) is 0 Å². The van der Waals surface area contributed by atoms with Crippen LogP contribution in [0, 0.1) is 11.8 Å². The zero-order chi connectivity index (χ0) is 14.5. The fourth-order valence-electron chi connectivity index (χ4n) is 3.93. The van der Waals surface area contributed by atoms with Crippen LogP contribution in [0.5, 0.6) is 0 Å². The number of hydrogen-bond donors (Lipinski definition) is 2. The van der Waals surface area contributed by atoms with Crippen LogP contribution in [0.2, 0.25) is 0 Å². The highest BCUT2D eigenvalue weighted by Gasteiger charge is 2.30. The summed E-state index contributed by atoms with van der Waals surface area (Å²) in [6.45, 7) is 9.57. The summed E-state index contributed by atoms with van der Waals surface area (Å²) in [6, 6.07) is 1.91. The van der Waals surface area contributed by atoms with Crippen molar-refractivity contribution in [2.45, 2.75) is 77.4 Å². The molecule has 2 fully saturated rings. The average Bonchev–Trinajstić information content (AvgIpc) is 2.48. The maximum Gasteiger partial charge on any atom is 0.0471 e. The SMILES string of the molecule is CC(CO)C(C)NC1CCN(C2CCCCC2C)CC1. The molecule has 4 unspecified atom stereocenters. The molecule has 0 aromatic carbocycles. The first-order valence-electron chi connectivity index (χ1n) is 8.72. The topological polar surface area (TPSA) is 35.5 Å². The van der Waals surface area contributed by atoms with Gasteiger partial charge >= 0.3 is 0 Å². The molecule has 2 rings (SSSR count). The van der Waals surface area contributed by atoms with E-state index in [1.54, 1.807) is 0 Å². The maximum atomic E-state index is 9.23. The second-order valence-electron chi connectivity index (χ2n) is 7.25. The Hall–Kier alpha value is -0.120. The molecule has 0 aromatic rings. The lowest BCUT2D eigenvalue weighted by Gasteiger charge is -2.43. The molecule has 20 heavy (non-hydrogen) atoms. The van der Waals surface area contributed by atoms with E-state index in [0.29, 0.717) is 18.0 Å². The molecule has 1 aliphatic heterocycles. The Balaban J connectivity index is 1.74. The van der Waals surface area contributed by atoms with Crippen LogP contribution in [-0.2, 0) is 0 Å². The molecule has 0 bridgehead atoms. The van der Waals surface area contributed by atoms with Gasteiger partial charge in [-0.3, -0.25) is 0 Å². The minimum atomic E-state index is 0.284. The monoisotopic (exact) mass is 282 g/mol. The number of hydrogen-bond acceptors (Lipinski definition) is 3. The largest absolute Gasteiger partial charge is 0.396 e. The Morgan fingerprint density at radius 2 is 1.75 bits per heavy atom. The highest BCUT2D eigenvalue weighted by atomic mass is 16.3. The first kappa shape index (κ1) is 16.3. The highest BCUT2D eigenvalue weighted by Crippen LogP contribution is 2.30. The van der Waals surface area contributed by atoms with Gasteiger partial charge in [0.15, 0.2) is 0 Å². The quantitative estimate of drug-likeness (QED) is 0.814. The van der Waals surface area contributed by atoms with Crippen LogP contribution in [0.15, 0.2) is 0 Å². The molecular weight excluding hydrogens is 248 g/mol. The van der Waals surface area contributed by atoms with Crippen LogP contribution in [0.25, 0.3) is 0 Å². The zero-order valence-electron chi connectivity index (χ0n) is 13.6. The molecular formula is C17H34N2O. The number of nitrogens with one attached hydrogen (secondary N) is 1. The predicted molar refractivity (Wildman–Crippen MR) is 84.9 cm³/mol. The third-order valence-corrected chi connectivity index (χ3v) is 5.70. The Kier molecular flexibility index (Phi) is 6.31. The summed E-state index contributed by atoms with van der Waals surface area (Å²) in [5.41, 5.74) is 0. The summed E-state index contributed by atoms with van der Waals surface area (Å²) in [7, 11) is 0. The lowest BCUT2D eigenvalue weighted by molar-refractivity contribution is 0.0773. The lowest BCUT2D eigenvalue weighted by Crippen LogP contribution is -2.51. The van der Waals surface area contributed by atoms with Gasteiger partial charge in [0, 0.05) is 24.7 Å². The van der Waals surface area contributed by atoms with Crippen LogP contribution in [-0.4, -0.2) is 47.8 Å². The Morgan fingerprint density at radius 3 is 2.35 bits per heavy atom. The van der Waals surface area contributed by atoms with Gasteiger partial charge in [0.05, 0.1) is 0 Å². The second-order valence-corrected chi connectivity index (χ2v) is 7.25. The van der Waals surface area contributed by atoms with E-state index in [2.05, 4.69) is 31.0 Å². The van der Waals surface area contributed by atoms with E-state index >= 15 is 0 Å². The van der Waals surface area contributed by atoms with Gasteiger partial charge in [0.1, 0.15) is 0 Å². The van der Waals surface area contributed by atoms with Crippen LogP contribution < -0.4 is 5.32 Å². The average molecular weight is 282 g/mol. The Morgan fingerprint density at radius 1 is 1.10 bits per heavy atom. The molecule has 3 heteroatoms. The molecule has 3 nitrogen and oxygen atoms in total. The van der Waals surface area contributed by atoms with Crippen molar-refractivity contribution in [1.29, 1.82) is 0 Å². The number of rotatable bonds is 5. The number of piperidine rings is 1. The first-order chi connectivity index (χ1) is 9.61. The second kappa shape index (κ2) is 7.77. The van der Waals surface area contributed by atoms with Crippen LogP contribution in [0.1, 0.15) is 59.3 Å². The summed E-state index contributed by atoms with van der Waals surface area (Å²) < 4.78 is 0. The maximum absolute atomic E-state index is 9.23. The van der Waals surface area contributed by atoms with Gasteiger partial charge in [-0.2, -0.15) is 0 Å². The fourth-order valence-corrected chi connectivity index (χ4v) is 3.93. The minimum absolute atomic E-state index is 0.284. The molecule has 0 radical (unpaired) electrons. The Labute approximate surface area is 125 Å². The molecule has 0 spiro atoms. The fraction of sp³-hybridized carbons (Fsp3) is 1.00. The smallest absolute Gasteiger partial charge is 0.0471 e. The van der Waals surface area contributed by atoms with Crippen molar-refractivity contribution in [2.75, 3.05) is 19.7 Å².